The molecule has 0 bridgehead atoms. The number of nitriles is 1. The van der Waals surface area contributed by atoms with Crippen molar-refractivity contribution in [2.75, 3.05) is 0 Å². The number of rotatable bonds is 4. The highest BCUT2D eigenvalue weighted by atomic mass is 15.0. The minimum atomic E-state index is 0.602. The van der Waals surface area contributed by atoms with Gasteiger partial charge in [0, 0.05) is 32.8 Å². The van der Waals surface area contributed by atoms with E-state index < -0.39 is 0 Å². The third kappa shape index (κ3) is 4.07. The van der Waals surface area contributed by atoms with Gasteiger partial charge in [-0.05, 0) is 71.3 Å². The highest BCUT2D eigenvalue weighted by molar-refractivity contribution is 6.11. The van der Waals surface area contributed by atoms with Crippen molar-refractivity contribution in [3.8, 4) is 39.7 Å². The van der Waals surface area contributed by atoms with Crippen LogP contribution >= 0.6 is 0 Å². The number of hydrogen-bond donors (Lipinski definition) is 0. The van der Waals surface area contributed by atoms with Crippen molar-refractivity contribution in [3.05, 3.63) is 175 Å². The van der Waals surface area contributed by atoms with Crippen molar-refractivity contribution in [2.24, 2.45) is 0 Å². The summed E-state index contributed by atoms with van der Waals surface area (Å²) in [5, 5.41) is 14.2. The van der Waals surface area contributed by atoms with Gasteiger partial charge in [0.25, 0.3) is 0 Å². The summed E-state index contributed by atoms with van der Waals surface area (Å²) in [4.78, 5) is 4.01. The molecular weight excluding hydrogens is 585 g/mol. The van der Waals surface area contributed by atoms with Crippen LogP contribution in [0.1, 0.15) is 5.56 Å². The Hall–Kier alpha value is -6.88. The van der Waals surface area contributed by atoms with Crippen molar-refractivity contribution < 1.29 is 0 Å². The first-order valence-electron chi connectivity index (χ1n) is 15.9. The third-order valence-electron chi connectivity index (χ3n) is 9.39. The average Bonchev–Trinajstić information content (AvgIpc) is 3.67. The second-order valence-corrected chi connectivity index (χ2v) is 11.9. The van der Waals surface area contributed by atoms with E-state index in [1.54, 1.807) is 0 Å². The molecular formula is C44H26N4. The maximum absolute atomic E-state index is 9.67. The zero-order valence-corrected chi connectivity index (χ0v) is 25.8. The largest absolute Gasteiger partial charge is 0.309 e. The van der Waals surface area contributed by atoms with Gasteiger partial charge in [-0.3, -0.25) is 0 Å². The summed E-state index contributed by atoms with van der Waals surface area (Å²) in [6, 6.07) is 56.6. The normalized spacial score (nSPS) is 11.3. The van der Waals surface area contributed by atoms with E-state index in [-0.39, 0.29) is 0 Å². The molecule has 0 radical (unpaired) electrons. The van der Waals surface area contributed by atoms with Crippen LogP contribution in [0.15, 0.2) is 158 Å². The van der Waals surface area contributed by atoms with E-state index in [9.17, 15) is 5.26 Å². The zero-order valence-electron chi connectivity index (χ0n) is 25.8. The van der Waals surface area contributed by atoms with Gasteiger partial charge in [-0.15, -0.1) is 0 Å². The second kappa shape index (κ2) is 10.9. The maximum Gasteiger partial charge on any atom is 0.195 e. The number of nitrogens with zero attached hydrogens (tertiary/aromatic N) is 4. The molecule has 7 aromatic carbocycles. The third-order valence-corrected chi connectivity index (χ3v) is 9.39. The summed E-state index contributed by atoms with van der Waals surface area (Å²) >= 11 is 0. The summed E-state index contributed by atoms with van der Waals surface area (Å²) in [6.07, 6.45) is 0. The van der Waals surface area contributed by atoms with Crippen LogP contribution in [-0.4, -0.2) is 9.13 Å². The summed E-state index contributed by atoms with van der Waals surface area (Å²) < 4.78 is 4.59. The lowest BCUT2D eigenvalue weighted by Crippen LogP contribution is -1.98. The Bertz CT molecular complexity index is 2760. The van der Waals surface area contributed by atoms with Gasteiger partial charge in [-0.2, -0.15) is 5.26 Å². The van der Waals surface area contributed by atoms with E-state index in [4.69, 9.17) is 6.57 Å². The van der Waals surface area contributed by atoms with Crippen LogP contribution in [0.25, 0.3) is 82.1 Å². The topological polar surface area (TPSA) is 38.0 Å². The predicted molar refractivity (Wildman–Crippen MR) is 197 cm³/mol. The molecule has 4 nitrogen and oxygen atoms in total. The summed E-state index contributed by atoms with van der Waals surface area (Å²) in [5.41, 5.74) is 11.6. The molecule has 0 unspecified atom stereocenters. The quantitative estimate of drug-likeness (QED) is 0.183. The Morgan fingerprint density at radius 1 is 0.458 bits per heavy atom. The average molecular weight is 611 g/mol. The van der Waals surface area contributed by atoms with Crippen LogP contribution in [0.2, 0.25) is 0 Å². The molecule has 4 heteroatoms. The lowest BCUT2D eigenvalue weighted by Gasteiger charge is -2.18. The standard InChI is InChI=1S/C44H26N4/c1-46-39-24-23-30(47-40-18-8-5-15-34(40)35-16-6-9-19-41(35)47)27-37(39)32-13-3-2-12-31(32)33-14-4-10-20-42(33)48-43-21-11-7-17-36(43)38-26-29(28-45)22-25-44(38)48/h2-27H. The van der Waals surface area contributed by atoms with E-state index in [0.717, 1.165) is 66.5 Å². The Balaban J connectivity index is 1.29. The Kier molecular flexibility index (Phi) is 6.22. The van der Waals surface area contributed by atoms with E-state index >= 15 is 0 Å². The van der Waals surface area contributed by atoms with Crippen molar-refractivity contribution in [1.82, 2.24) is 9.13 Å². The fourth-order valence-corrected chi connectivity index (χ4v) is 7.33. The van der Waals surface area contributed by atoms with E-state index in [2.05, 4.69) is 141 Å². The maximum atomic E-state index is 9.67. The smallest absolute Gasteiger partial charge is 0.195 e. The van der Waals surface area contributed by atoms with Gasteiger partial charge in [-0.1, -0.05) is 103 Å². The van der Waals surface area contributed by atoms with Crippen molar-refractivity contribution >= 4 is 49.3 Å². The second-order valence-electron chi connectivity index (χ2n) is 11.9. The predicted octanol–water partition coefficient (Wildman–Crippen LogP) is 11.6. The molecule has 0 saturated heterocycles. The Labute approximate surface area is 277 Å². The van der Waals surface area contributed by atoms with Crippen LogP contribution in [0.4, 0.5) is 5.69 Å². The molecule has 0 atom stereocenters. The highest BCUT2D eigenvalue weighted by Gasteiger charge is 2.20. The zero-order chi connectivity index (χ0) is 32.2. The first-order chi connectivity index (χ1) is 23.7. The number of benzene rings is 7. The van der Waals surface area contributed by atoms with Crippen LogP contribution in [0.3, 0.4) is 0 Å². The van der Waals surface area contributed by atoms with Crippen LogP contribution < -0.4 is 0 Å². The molecule has 48 heavy (non-hydrogen) atoms. The van der Waals surface area contributed by atoms with Crippen LogP contribution in [0, 0.1) is 17.9 Å². The van der Waals surface area contributed by atoms with Gasteiger partial charge in [0.05, 0.1) is 46.0 Å². The molecule has 2 aromatic heterocycles. The number of fused-ring (bicyclic) bond motifs is 6. The van der Waals surface area contributed by atoms with Gasteiger partial charge >= 0.3 is 0 Å². The molecule has 9 aromatic rings. The van der Waals surface area contributed by atoms with Gasteiger partial charge < -0.3 is 9.13 Å². The number of aromatic nitrogens is 2. The molecule has 0 amide bonds. The monoisotopic (exact) mass is 610 g/mol. The number of hydrogen-bond acceptors (Lipinski definition) is 1. The van der Waals surface area contributed by atoms with E-state index in [1.807, 2.05) is 36.4 Å². The summed E-state index contributed by atoms with van der Waals surface area (Å²) in [6.45, 7) is 8.18. The molecule has 0 aliphatic carbocycles. The van der Waals surface area contributed by atoms with E-state index in [0.29, 0.717) is 11.3 Å². The fourth-order valence-electron chi connectivity index (χ4n) is 7.33. The van der Waals surface area contributed by atoms with Crippen molar-refractivity contribution in [1.29, 1.82) is 5.26 Å². The molecule has 0 aliphatic heterocycles. The van der Waals surface area contributed by atoms with Crippen LogP contribution in [-0.2, 0) is 0 Å². The Morgan fingerprint density at radius 3 is 1.62 bits per heavy atom. The minimum absolute atomic E-state index is 0.602. The van der Waals surface area contributed by atoms with E-state index in [1.165, 1.54) is 10.8 Å². The summed E-state index contributed by atoms with van der Waals surface area (Å²) in [7, 11) is 0. The molecule has 0 fully saturated rings. The van der Waals surface area contributed by atoms with Crippen molar-refractivity contribution in [3.63, 3.8) is 0 Å². The lowest BCUT2D eigenvalue weighted by molar-refractivity contribution is 1.18. The molecule has 0 aliphatic rings. The lowest BCUT2D eigenvalue weighted by atomic mass is 9.92. The molecule has 0 spiro atoms. The van der Waals surface area contributed by atoms with Gasteiger partial charge in [-0.25, -0.2) is 4.85 Å². The molecule has 9 rings (SSSR count). The van der Waals surface area contributed by atoms with Crippen LogP contribution in [0.5, 0.6) is 0 Å². The first-order valence-corrected chi connectivity index (χ1v) is 15.9. The van der Waals surface area contributed by atoms with Gasteiger partial charge in [0.2, 0.25) is 0 Å². The van der Waals surface area contributed by atoms with Gasteiger partial charge in [0.15, 0.2) is 5.69 Å². The SMILES string of the molecule is [C-]#[N+]c1ccc(-n2c3ccccc3c3ccccc32)cc1-c1ccccc1-c1ccccc1-n1c2ccccc2c2cc(C#N)ccc21. The first kappa shape index (κ1) is 27.4. The summed E-state index contributed by atoms with van der Waals surface area (Å²) in [5.74, 6) is 0. The fraction of sp³-hybridized carbons (Fsp3) is 0. The number of para-hydroxylation sites is 4. The van der Waals surface area contributed by atoms with Gasteiger partial charge in [0.1, 0.15) is 0 Å². The molecule has 222 valence electrons. The molecule has 0 saturated carbocycles. The molecule has 2 heterocycles. The van der Waals surface area contributed by atoms with Crippen molar-refractivity contribution in [2.45, 2.75) is 0 Å². The Morgan fingerprint density at radius 2 is 0.979 bits per heavy atom. The minimum Gasteiger partial charge on any atom is -0.309 e. The molecule has 0 N–H and O–H groups in total. The highest BCUT2D eigenvalue weighted by Crippen LogP contribution is 2.43.